The minimum atomic E-state index is -4.42. The maximum atomic E-state index is 12.4. The minimum absolute atomic E-state index is 0.0845. The van der Waals surface area contributed by atoms with E-state index < -0.39 is 17.8 Å². The standard InChI is InChI=1S/C13H13F3N4O2/c14-13(15,16)9-1-3-10(4-2-9)17-12(22)18-11-5-6-20(19-11)7-8-21/h1-6,21H,7-8H2,(H2,17,18,19,22). The fourth-order valence-electron chi connectivity index (χ4n) is 1.68. The van der Waals surface area contributed by atoms with E-state index in [1.165, 1.54) is 10.7 Å². The van der Waals surface area contributed by atoms with Gasteiger partial charge >= 0.3 is 12.2 Å². The van der Waals surface area contributed by atoms with Gasteiger partial charge in [-0.2, -0.15) is 18.3 Å². The number of rotatable bonds is 4. The summed E-state index contributed by atoms with van der Waals surface area (Å²) in [7, 11) is 0. The Morgan fingerprint density at radius 2 is 1.86 bits per heavy atom. The number of amides is 2. The van der Waals surface area contributed by atoms with Crippen molar-refractivity contribution in [2.45, 2.75) is 12.7 Å². The van der Waals surface area contributed by atoms with Crippen LogP contribution in [0.25, 0.3) is 0 Å². The van der Waals surface area contributed by atoms with Gasteiger partial charge in [0.15, 0.2) is 5.82 Å². The highest BCUT2D eigenvalue weighted by Crippen LogP contribution is 2.29. The molecule has 118 valence electrons. The van der Waals surface area contributed by atoms with Gasteiger partial charge in [-0.15, -0.1) is 0 Å². The number of aliphatic hydroxyl groups excluding tert-OH is 1. The molecular weight excluding hydrogens is 301 g/mol. The van der Waals surface area contributed by atoms with Crippen LogP contribution in [0, 0.1) is 0 Å². The normalized spacial score (nSPS) is 11.3. The molecule has 0 aliphatic carbocycles. The van der Waals surface area contributed by atoms with Crippen molar-refractivity contribution in [1.82, 2.24) is 9.78 Å². The Kier molecular flexibility index (Phi) is 4.66. The molecule has 3 N–H and O–H groups in total. The molecule has 2 rings (SSSR count). The first-order valence-corrected chi connectivity index (χ1v) is 6.28. The van der Waals surface area contributed by atoms with Gasteiger partial charge in [0, 0.05) is 18.0 Å². The fourth-order valence-corrected chi connectivity index (χ4v) is 1.68. The van der Waals surface area contributed by atoms with Crippen molar-refractivity contribution in [2.24, 2.45) is 0 Å². The lowest BCUT2D eigenvalue weighted by Gasteiger charge is -2.09. The summed E-state index contributed by atoms with van der Waals surface area (Å²) in [6.45, 7) is 0.209. The molecule has 22 heavy (non-hydrogen) atoms. The monoisotopic (exact) mass is 314 g/mol. The molecule has 1 aromatic carbocycles. The zero-order valence-corrected chi connectivity index (χ0v) is 11.3. The first-order chi connectivity index (χ1) is 10.4. The minimum Gasteiger partial charge on any atom is -0.394 e. The SMILES string of the molecule is O=C(Nc1ccc(C(F)(F)F)cc1)Nc1ccn(CCO)n1. The molecule has 2 amide bonds. The quantitative estimate of drug-likeness (QED) is 0.811. The van der Waals surface area contributed by atoms with Gasteiger partial charge in [0.2, 0.25) is 0 Å². The van der Waals surface area contributed by atoms with Gasteiger partial charge in [0.25, 0.3) is 0 Å². The molecule has 0 saturated carbocycles. The first-order valence-electron chi connectivity index (χ1n) is 6.28. The molecule has 0 atom stereocenters. The first kappa shape index (κ1) is 15.8. The highest BCUT2D eigenvalue weighted by Gasteiger charge is 2.29. The van der Waals surface area contributed by atoms with Crippen LogP contribution in [-0.4, -0.2) is 27.5 Å². The van der Waals surface area contributed by atoms with E-state index in [2.05, 4.69) is 15.7 Å². The molecule has 0 saturated heterocycles. The number of carbonyl (C=O) groups excluding carboxylic acids is 1. The second-order valence-electron chi connectivity index (χ2n) is 4.34. The van der Waals surface area contributed by atoms with Crippen molar-refractivity contribution < 1.29 is 23.1 Å². The van der Waals surface area contributed by atoms with Crippen molar-refractivity contribution in [2.75, 3.05) is 17.2 Å². The average Bonchev–Trinajstić information content (AvgIpc) is 2.86. The van der Waals surface area contributed by atoms with Gasteiger partial charge in [-0.25, -0.2) is 4.79 Å². The smallest absolute Gasteiger partial charge is 0.394 e. The number of anilines is 2. The molecule has 0 fully saturated rings. The van der Waals surface area contributed by atoms with E-state index >= 15 is 0 Å². The predicted octanol–water partition coefficient (Wildman–Crippen LogP) is 2.54. The lowest BCUT2D eigenvalue weighted by Crippen LogP contribution is -2.20. The number of hydrogen-bond acceptors (Lipinski definition) is 3. The molecule has 0 bridgehead atoms. The van der Waals surface area contributed by atoms with Gasteiger partial charge in [0.05, 0.1) is 18.7 Å². The van der Waals surface area contributed by atoms with Crippen LogP contribution < -0.4 is 10.6 Å². The van der Waals surface area contributed by atoms with Crippen LogP contribution in [0.15, 0.2) is 36.5 Å². The van der Waals surface area contributed by atoms with Crippen LogP contribution in [0.3, 0.4) is 0 Å². The average molecular weight is 314 g/mol. The van der Waals surface area contributed by atoms with Gasteiger partial charge in [-0.1, -0.05) is 0 Å². The maximum absolute atomic E-state index is 12.4. The van der Waals surface area contributed by atoms with E-state index in [1.54, 1.807) is 6.20 Å². The van der Waals surface area contributed by atoms with Crippen LogP contribution in [0.4, 0.5) is 29.5 Å². The highest BCUT2D eigenvalue weighted by molar-refractivity contribution is 5.99. The number of carbonyl (C=O) groups is 1. The number of nitrogens with zero attached hydrogens (tertiary/aromatic N) is 2. The number of aromatic nitrogens is 2. The molecule has 1 heterocycles. The third-order valence-electron chi connectivity index (χ3n) is 2.68. The predicted molar refractivity (Wildman–Crippen MR) is 73.4 cm³/mol. The van der Waals surface area contributed by atoms with Crippen LogP contribution in [-0.2, 0) is 12.7 Å². The van der Waals surface area contributed by atoms with E-state index in [1.807, 2.05) is 0 Å². The van der Waals surface area contributed by atoms with E-state index in [9.17, 15) is 18.0 Å². The Bertz CT molecular complexity index is 637. The summed E-state index contributed by atoms with van der Waals surface area (Å²) in [6.07, 6.45) is -2.84. The second-order valence-corrected chi connectivity index (χ2v) is 4.34. The summed E-state index contributed by atoms with van der Waals surface area (Å²) in [5.41, 5.74) is -0.568. The summed E-state index contributed by atoms with van der Waals surface area (Å²) in [5.74, 6) is 0.262. The van der Waals surface area contributed by atoms with Gasteiger partial charge in [-0.3, -0.25) is 10.00 Å². The van der Waals surface area contributed by atoms with E-state index in [0.717, 1.165) is 24.3 Å². The van der Waals surface area contributed by atoms with Crippen molar-refractivity contribution in [3.63, 3.8) is 0 Å². The topological polar surface area (TPSA) is 79.2 Å². The number of urea groups is 1. The summed E-state index contributed by atoms with van der Waals surface area (Å²) in [5, 5.41) is 17.5. The van der Waals surface area contributed by atoms with E-state index in [-0.39, 0.29) is 18.1 Å². The van der Waals surface area contributed by atoms with E-state index in [4.69, 9.17) is 5.11 Å². The van der Waals surface area contributed by atoms with Crippen LogP contribution in [0.2, 0.25) is 0 Å². The van der Waals surface area contributed by atoms with Crippen molar-refractivity contribution in [3.8, 4) is 0 Å². The Hall–Kier alpha value is -2.55. The second kappa shape index (κ2) is 6.48. The van der Waals surface area contributed by atoms with Gasteiger partial charge in [-0.05, 0) is 24.3 Å². The van der Waals surface area contributed by atoms with Crippen molar-refractivity contribution >= 4 is 17.5 Å². The third-order valence-corrected chi connectivity index (χ3v) is 2.68. The van der Waals surface area contributed by atoms with E-state index in [0.29, 0.717) is 6.54 Å². The summed E-state index contributed by atoms with van der Waals surface area (Å²) in [4.78, 5) is 11.7. The van der Waals surface area contributed by atoms with Crippen LogP contribution in [0.1, 0.15) is 5.56 Å². The Balaban J connectivity index is 1.93. The molecular formula is C13H13F3N4O2. The number of benzene rings is 1. The van der Waals surface area contributed by atoms with Crippen molar-refractivity contribution in [3.05, 3.63) is 42.1 Å². The summed E-state index contributed by atoms with van der Waals surface area (Å²) < 4.78 is 38.7. The highest BCUT2D eigenvalue weighted by atomic mass is 19.4. The largest absolute Gasteiger partial charge is 0.416 e. The molecule has 0 radical (unpaired) electrons. The molecule has 0 spiro atoms. The number of halogens is 3. The van der Waals surface area contributed by atoms with Crippen LogP contribution in [0.5, 0.6) is 0 Å². The molecule has 2 aromatic rings. The lowest BCUT2D eigenvalue weighted by molar-refractivity contribution is -0.137. The summed E-state index contributed by atoms with van der Waals surface area (Å²) in [6, 6.07) is 4.98. The zero-order chi connectivity index (χ0) is 16.2. The lowest BCUT2D eigenvalue weighted by atomic mass is 10.2. The maximum Gasteiger partial charge on any atom is 0.416 e. The molecule has 1 aromatic heterocycles. The zero-order valence-electron chi connectivity index (χ0n) is 11.3. The molecule has 0 unspecified atom stereocenters. The Morgan fingerprint density at radius 3 is 2.45 bits per heavy atom. The van der Waals surface area contributed by atoms with Gasteiger partial charge < -0.3 is 10.4 Å². The Morgan fingerprint density at radius 1 is 1.18 bits per heavy atom. The van der Waals surface area contributed by atoms with Crippen LogP contribution >= 0.6 is 0 Å². The Labute approximate surface area is 123 Å². The molecule has 6 nitrogen and oxygen atoms in total. The molecule has 0 aliphatic heterocycles. The number of aliphatic hydroxyl groups is 1. The number of hydrogen-bond donors (Lipinski definition) is 3. The fraction of sp³-hybridized carbons (Fsp3) is 0.231. The number of nitrogens with one attached hydrogen (secondary N) is 2. The summed E-state index contributed by atoms with van der Waals surface area (Å²) >= 11 is 0. The van der Waals surface area contributed by atoms with Gasteiger partial charge in [0.1, 0.15) is 0 Å². The third kappa shape index (κ3) is 4.22. The van der Waals surface area contributed by atoms with Crippen molar-refractivity contribution in [1.29, 1.82) is 0 Å². The number of alkyl halides is 3. The molecule has 9 heteroatoms. The molecule has 0 aliphatic rings.